The molecule has 0 heterocycles. The van der Waals surface area contributed by atoms with Gasteiger partial charge < -0.3 is 0 Å². The number of allylic oxidation sites excluding steroid dienone is 1. The predicted octanol–water partition coefficient (Wildman–Crippen LogP) is 7.42. The van der Waals surface area contributed by atoms with E-state index in [4.69, 9.17) is 47.0 Å². The lowest BCUT2D eigenvalue weighted by molar-refractivity contribution is 0.795. The summed E-state index contributed by atoms with van der Waals surface area (Å²) >= 11 is 23.7. The molecule has 0 unspecified atom stereocenters. The van der Waals surface area contributed by atoms with Gasteiger partial charge >= 0.3 is 0 Å². The molecule has 0 aromatic heterocycles. The van der Waals surface area contributed by atoms with Crippen LogP contribution in [0.15, 0.2) is 42.5 Å². The number of unbranched alkanes of at least 4 members (excludes halogenated alkanes) is 1. The van der Waals surface area contributed by atoms with Crippen LogP contribution in [0, 0.1) is 0 Å². The number of thiocarbonyl (C=S) groups is 1. The van der Waals surface area contributed by atoms with Gasteiger partial charge in [0.05, 0.1) is 10.0 Å². The van der Waals surface area contributed by atoms with Gasteiger partial charge in [0.2, 0.25) is 0 Å². The molecule has 23 heavy (non-hydrogen) atoms. The fourth-order valence-electron chi connectivity index (χ4n) is 2.18. The van der Waals surface area contributed by atoms with E-state index in [9.17, 15) is 0 Å². The van der Waals surface area contributed by atoms with Crippen molar-refractivity contribution in [1.29, 1.82) is 0 Å². The van der Waals surface area contributed by atoms with E-state index in [0.717, 1.165) is 22.4 Å². The van der Waals surface area contributed by atoms with E-state index in [1.165, 1.54) is 18.4 Å². The topological polar surface area (TPSA) is 0 Å². The molecule has 0 nitrogen and oxygen atoms in total. The summed E-state index contributed by atoms with van der Waals surface area (Å²) in [6, 6.07) is 11.7. The number of hydrogen-bond donors (Lipinski definition) is 0. The highest BCUT2D eigenvalue weighted by Gasteiger charge is 2.05. The molecule has 0 fully saturated rings. The van der Waals surface area contributed by atoms with Crippen LogP contribution in [0.25, 0.3) is 6.08 Å². The number of benzene rings is 2. The van der Waals surface area contributed by atoms with Crippen molar-refractivity contribution in [2.75, 3.05) is 0 Å². The lowest BCUT2D eigenvalue weighted by atomic mass is 10.0. The van der Waals surface area contributed by atoms with E-state index in [1.807, 2.05) is 12.2 Å². The Morgan fingerprint density at radius 1 is 1.04 bits per heavy atom. The van der Waals surface area contributed by atoms with Crippen LogP contribution >= 0.6 is 47.0 Å². The average Bonchev–Trinajstić information content (AvgIpc) is 2.52. The molecule has 2 aromatic rings. The number of aryl methyl sites for hydroxylation is 1. The quantitative estimate of drug-likeness (QED) is 0.284. The van der Waals surface area contributed by atoms with Crippen molar-refractivity contribution < 1.29 is 0 Å². The Balaban J connectivity index is 2.12. The molecule has 0 radical (unpaired) electrons. The van der Waals surface area contributed by atoms with Crippen LogP contribution < -0.4 is 0 Å². The molecule has 0 aliphatic rings. The SMILES string of the molecule is CCCCc1ccc(C(=S)C=Cc2c(Cl)cc(Cl)cc2Cl)cc1. The maximum absolute atomic E-state index is 6.17. The van der Waals surface area contributed by atoms with E-state index in [-0.39, 0.29) is 0 Å². The fraction of sp³-hybridized carbons (Fsp3) is 0.211. The minimum Gasteiger partial charge on any atom is -0.0842 e. The van der Waals surface area contributed by atoms with Crippen LogP contribution in [0.1, 0.15) is 36.5 Å². The zero-order chi connectivity index (χ0) is 16.8. The van der Waals surface area contributed by atoms with Crippen LogP contribution in [0.2, 0.25) is 15.1 Å². The summed E-state index contributed by atoms with van der Waals surface area (Å²) in [5.74, 6) is 0. The third kappa shape index (κ3) is 5.32. The van der Waals surface area contributed by atoms with Gasteiger partial charge in [-0.3, -0.25) is 0 Å². The first-order chi connectivity index (χ1) is 11.0. The van der Waals surface area contributed by atoms with E-state index < -0.39 is 0 Å². The minimum absolute atomic E-state index is 0.511. The molecule has 0 saturated carbocycles. The number of hydrogen-bond acceptors (Lipinski definition) is 1. The highest BCUT2D eigenvalue weighted by Crippen LogP contribution is 2.30. The van der Waals surface area contributed by atoms with Gasteiger partial charge in [0.25, 0.3) is 0 Å². The third-order valence-electron chi connectivity index (χ3n) is 3.50. The van der Waals surface area contributed by atoms with Crippen molar-refractivity contribution in [1.82, 2.24) is 0 Å². The Hall–Kier alpha value is -0.860. The Kier molecular flexibility index (Phi) is 7.10. The Bertz CT molecular complexity index is 695. The van der Waals surface area contributed by atoms with Crippen LogP contribution in [0.4, 0.5) is 0 Å². The second kappa shape index (κ2) is 8.84. The fourth-order valence-corrected chi connectivity index (χ4v) is 3.33. The summed E-state index contributed by atoms with van der Waals surface area (Å²) in [5.41, 5.74) is 3.07. The highest BCUT2D eigenvalue weighted by molar-refractivity contribution is 7.81. The van der Waals surface area contributed by atoms with Crippen LogP contribution in [-0.2, 0) is 6.42 Å². The monoisotopic (exact) mass is 382 g/mol. The molecular formula is C19H17Cl3S. The van der Waals surface area contributed by atoms with Crippen molar-refractivity contribution in [3.05, 3.63) is 74.2 Å². The molecule has 0 spiro atoms. The molecule has 4 heteroatoms. The molecule has 0 saturated heterocycles. The molecule has 0 atom stereocenters. The van der Waals surface area contributed by atoms with Gasteiger partial charge in [0, 0.05) is 15.5 Å². The first kappa shape index (κ1) is 18.5. The first-order valence-electron chi connectivity index (χ1n) is 7.47. The Morgan fingerprint density at radius 2 is 1.65 bits per heavy atom. The molecule has 0 aliphatic carbocycles. The first-order valence-corrected chi connectivity index (χ1v) is 9.01. The Labute approximate surface area is 158 Å². The van der Waals surface area contributed by atoms with Crippen molar-refractivity contribution in [2.24, 2.45) is 0 Å². The average molecular weight is 384 g/mol. The van der Waals surface area contributed by atoms with Gasteiger partial charge in [-0.2, -0.15) is 0 Å². The van der Waals surface area contributed by atoms with Crippen molar-refractivity contribution in [2.45, 2.75) is 26.2 Å². The molecule has 0 bridgehead atoms. The number of rotatable bonds is 6. The molecule has 2 rings (SSSR count). The molecule has 0 amide bonds. The normalized spacial score (nSPS) is 11.1. The molecule has 0 N–H and O–H groups in total. The Morgan fingerprint density at radius 3 is 2.22 bits per heavy atom. The van der Waals surface area contributed by atoms with Gasteiger partial charge in [-0.1, -0.05) is 90.7 Å². The van der Waals surface area contributed by atoms with Crippen LogP contribution in [-0.4, -0.2) is 4.86 Å². The maximum atomic E-state index is 6.17. The number of halogens is 3. The van der Waals surface area contributed by atoms with Crippen molar-refractivity contribution >= 4 is 58.0 Å². The van der Waals surface area contributed by atoms with E-state index in [1.54, 1.807) is 12.1 Å². The van der Waals surface area contributed by atoms with Crippen LogP contribution in [0.5, 0.6) is 0 Å². The lowest BCUT2D eigenvalue weighted by Gasteiger charge is -2.04. The van der Waals surface area contributed by atoms with Gasteiger partial charge in [-0.05, 0) is 42.2 Å². The maximum Gasteiger partial charge on any atom is 0.0508 e. The molecule has 0 aliphatic heterocycles. The summed E-state index contributed by atoms with van der Waals surface area (Å²) in [7, 11) is 0. The summed E-state index contributed by atoms with van der Waals surface area (Å²) in [4.78, 5) is 0.745. The van der Waals surface area contributed by atoms with Crippen LogP contribution in [0.3, 0.4) is 0 Å². The smallest absolute Gasteiger partial charge is 0.0508 e. The molecule has 120 valence electrons. The van der Waals surface area contributed by atoms with Gasteiger partial charge in [0.15, 0.2) is 0 Å². The predicted molar refractivity (Wildman–Crippen MR) is 107 cm³/mol. The highest BCUT2D eigenvalue weighted by atomic mass is 35.5. The van der Waals surface area contributed by atoms with Crippen molar-refractivity contribution in [3.63, 3.8) is 0 Å². The zero-order valence-corrected chi connectivity index (χ0v) is 15.9. The second-order valence-corrected chi connectivity index (χ2v) is 6.97. The standard InChI is InChI=1S/C19H17Cl3S/c1-2-3-4-13-5-7-14(8-6-13)19(23)10-9-16-17(21)11-15(20)12-18(16)22/h5-12H,2-4H2,1H3. The second-order valence-electron chi connectivity index (χ2n) is 5.28. The molecule has 2 aromatic carbocycles. The largest absolute Gasteiger partial charge is 0.0842 e. The zero-order valence-electron chi connectivity index (χ0n) is 12.8. The minimum atomic E-state index is 0.511. The van der Waals surface area contributed by atoms with Gasteiger partial charge in [-0.15, -0.1) is 0 Å². The summed E-state index contributed by atoms with van der Waals surface area (Å²) in [6.45, 7) is 2.20. The van der Waals surface area contributed by atoms with Gasteiger partial charge in [0.1, 0.15) is 0 Å². The molecular weight excluding hydrogens is 367 g/mol. The third-order valence-corrected chi connectivity index (χ3v) is 4.72. The van der Waals surface area contributed by atoms with Gasteiger partial charge in [-0.25, -0.2) is 0 Å². The lowest BCUT2D eigenvalue weighted by Crippen LogP contribution is -1.93. The summed E-state index contributed by atoms with van der Waals surface area (Å²) in [6.07, 6.45) is 7.18. The van der Waals surface area contributed by atoms with Crippen molar-refractivity contribution in [3.8, 4) is 0 Å². The summed E-state index contributed by atoms with van der Waals surface area (Å²) in [5, 5.41) is 1.54. The van der Waals surface area contributed by atoms with E-state index >= 15 is 0 Å². The van der Waals surface area contributed by atoms with E-state index in [0.29, 0.717) is 15.1 Å². The summed E-state index contributed by atoms with van der Waals surface area (Å²) < 4.78 is 0. The van der Waals surface area contributed by atoms with E-state index in [2.05, 4.69) is 31.2 Å².